The van der Waals surface area contributed by atoms with Crippen LogP contribution in [0.1, 0.15) is 41.3 Å². The number of hydrogen-bond donors (Lipinski definition) is 0. The van der Waals surface area contributed by atoms with Crippen molar-refractivity contribution in [2.45, 2.75) is 31.9 Å². The van der Waals surface area contributed by atoms with Crippen LogP contribution in [0.5, 0.6) is 0 Å². The number of rotatable bonds is 6. The molecule has 1 aromatic rings. The van der Waals surface area contributed by atoms with Crippen LogP contribution in [0.15, 0.2) is 12.1 Å². The zero-order valence-electron chi connectivity index (χ0n) is 10.9. The Balaban J connectivity index is 3.23. The molecule has 106 valence electrons. The highest BCUT2D eigenvalue weighted by Gasteiger charge is 2.17. The smallest absolute Gasteiger partial charge is 0.339 e. The first-order valence-corrected chi connectivity index (χ1v) is 7.57. The maximum atomic E-state index is 11.5. The highest BCUT2D eigenvalue weighted by molar-refractivity contribution is 7.78. The van der Waals surface area contributed by atoms with Gasteiger partial charge in [-0.05, 0) is 30.0 Å². The molecule has 0 saturated carbocycles. The standard InChI is InChI=1S/C13H17ClO4S/c1-3-4-5-9-6-7-10(13(15)18-2)12(14)11(9)8-19(16)17/h6-7H,3-5,8H2,1-2H3,(H,16,17)/p-1. The van der Waals surface area contributed by atoms with Crippen LogP contribution < -0.4 is 0 Å². The lowest BCUT2D eigenvalue weighted by atomic mass is 10.00. The number of benzene rings is 1. The lowest BCUT2D eigenvalue weighted by molar-refractivity contribution is 0.0601. The Morgan fingerprint density at radius 1 is 1.47 bits per heavy atom. The van der Waals surface area contributed by atoms with Crippen LogP contribution >= 0.6 is 11.6 Å². The number of hydrogen-bond acceptors (Lipinski definition) is 4. The fraction of sp³-hybridized carbons (Fsp3) is 0.462. The Kier molecular flexibility index (Phi) is 6.48. The zero-order valence-corrected chi connectivity index (χ0v) is 12.5. The van der Waals surface area contributed by atoms with Crippen LogP contribution in [0.3, 0.4) is 0 Å². The van der Waals surface area contributed by atoms with Crippen molar-refractivity contribution in [1.82, 2.24) is 0 Å². The maximum Gasteiger partial charge on any atom is 0.339 e. The first-order chi connectivity index (χ1) is 9.01. The van der Waals surface area contributed by atoms with Gasteiger partial charge >= 0.3 is 5.97 Å². The van der Waals surface area contributed by atoms with Crippen LogP contribution in [0.4, 0.5) is 0 Å². The summed E-state index contributed by atoms with van der Waals surface area (Å²) >= 11 is 3.88. The van der Waals surface area contributed by atoms with Gasteiger partial charge in [-0.3, -0.25) is 4.21 Å². The number of carbonyl (C=O) groups is 1. The summed E-state index contributed by atoms with van der Waals surface area (Å²) in [4.78, 5) is 11.5. The maximum absolute atomic E-state index is 11.5. The topological polar surface area (TPSA) is 66.4 Å². The fourth-order valence-corrected chi connectivity index (χ4v) is 2.78. The first kappa shape index (κ1) is 16.1. The lowest BCUT2D eigenvalue weighted by Gasteiger charge is -2.15. The third kappa shape index (κ3) is 4.30. The normalized spacial score (nSPS) is 12.2. The monoisotopic (exact) mass is 303 g/mol. The molecular weight excluding hydrogens is 288 g/mol. The van der Waals surface area contributed by atoms with Crippen molar-refractivity contribution in [3.05, 3.63) is 33.8 Å². The molecule has 6 heteroatoms. The summed E-state index contributed by atoms with van der Waals surface area (Å²) in [5, 5.41) is 0.171. The third-order valence-corrected chi connectivity index (χ3v) is 3.76. The number of halogens is 1. The average molecular weight is 304 g/mol. The van der Waals surface area contributed by atoms with E-state index in [0.29, 0.717) is 5.56 Å². The molecule has 0 fully saturated rings. The molecule has 0 heterocycles. The van der Waals surface area contributed by atoms with Gasteiger partial charge in [0.2, 0.25) is 0 Å². The minimum absolute atomic E-state index is 0.171. The second-order valence-corrected chi connectivity index (χ2v) is 5.38. The molecular formula is C13H16ClO4S-. The van der Waals surface area contributed by atoms with E-state index in [4.69, 9.17) is 11.6 Å². The summed E-state index contributed by atoms with van der Waals surface area (Å²) < 4.78 is 26.5. The molecule has 0 aromatic heterocycles. The number of aryl methyl sites for hydroxylation is 1. The average Bonchev–Trinajstić information content (AvgIpc) is 2.38. The minimum Gasteiger partial charge on any atom is -0.772 e. The van der Waals surface area contributed by atoms with E-state index in [9.17, 15) is 13.6 Å². The van der Waals surface area contributed by atoms with Gasteiger partial charge in [0, 0.05) is 5.75 Å². The molecule has 0 bridgehead atoms. The van der Waals surface area contributed by atoms with Gasteiger partial charge in [-0.25, -0.2) is 4.79 Å². The van der Waals surface area contributed by atoms with E-state index in [-0.39, 0.29) is 16.3 Å². The van der Waals surface area contributed by atoms with Crippen molar-refractivity contribution in [3.63, 3.8) is 0 Å². The predicted octanol–water partition coefficient (Wildman–Crippen LogP) is 2.85. The van der Waals surface area contributed by atoms with Crippen molar-refractivity contribution in [3.8, 4) is 0 Å². The largest absolute Gasteiger partial charge is 0.772 e. The van der Waals surface area contributed by atoms with Crippen LogP contribution in [0.25, 0.3) is 0 Å². The molecule has 0 aliphatic heterocycles. The van der Waals surface area contributed by atoms with Gasteiger partial charge < -0.3 is 9.29 Å². The number of methoxy groups -OCH3 is 1. The van der Waals surface area contributed by atoms with Crippen molar-refractivity contribution in [1.29, 1.82) is 0 Å². The number of carbonyl (C=O) groups excluding carboxylic acids is 1. The van der Waals surface area contributed by atoms with E-state index in [1.807, 2.05) is 0 Å². The summed E-state index contributed by atoms with van der Waals surface area (Å²) in [5.74, 6) is -0.757. The molecule has 1 aromatic carbocycles. The third-order valence-electron chi connectivity index (χ3n) is 2.81. The summed E-state index contributed by atoms with van der Waals surface area (Å²) in [7, 11) is 1.26. The van der Waals surface area contributed by atoms with Gasteiger partial charge in [-0.1, -0.05) is 42.1 Å². The van der Waals surface area contributed by atoms with Gasteiger partial charge in [0.25, 0.3) is 0 Å². The Morgan fingerprint density at radius 2 is 2.16 bits per heavy atom. The Morgan fingerprint density at radius 3 is 2.68 bits per heavy atom. The van der Waals surface area contributed by atoms with E-state index in [1.165, 1.54) is 7.11 Å². The van der Waals surface area contributed by atoms with Gasteiger partial charge in [0.1, 0.15) is 0 Å². The minimum atomic E-state index is -2.25. The first-order valence-electron chi connectivity index (χ1n) is 5.95. The summed E-state index contributed by atoms with van der Waals surface area (Å²) in [6.07, 6.45) is 2.67. The predicted molar refractivity (Wildman–Crippen MR) is 74.0 cm³/mol. The lowest BCUT2D eigenvalue weighted by Crippen LogP contribution is -2.08. The molecule has 0 radical (unpaired) electrons. The molecule has 0 spiro atoms. The van der Waals surface area contributed by atoms with Crippen LogP contribution in [0, 0.1) is 0 Å². The molecule has 1 rings (SSSR count). The summed E-state index contributed by atoms with van der Waals surface area (Å²) in [5.41, 5.74) is 1.56. The molecule has 0 N–H and O–H groups in total. The highest BCUT2D eigenvalue weighted by atomic mass is 35.5. The fourth-order valence-electron chi connectivity index (χ4n) is 1.80. The van der Waals surface area contributed by atoms with Crippen molar-refractivity contribution in [2.24, 2.45) is 0 Å². The SMILES string of the molecule is CCCCc1ccc(C(=O)OC)c(Cl)c1CS(=O)[O-]. The molecule has 4 nitrogen and oxygen atoms in total. The van der Waals surface area contributed by atoms with E-state index in [1.54, 1.807) is 12.1 Å². The van der Waals surface area contributed by atoms with E-state index < -0.39 is 17.0 Å². The molecule has 0 aliphatic carbocycles. The molecule has 0 amide bonds. The number of ether oxygens (including phenoxy) is 1. The number of unbranched alkanes of at least 4 members (excludes halogenated alkanes) is 1. The second-order valence-electron chi connectivity index (χ2n) is 4.11. The van der Waals surface area contributed by atoms with Crippen molar-refractivity contribution >= 4 is 28.7 Å². The van der Waals surface area contributed by atoms with E-state index in [2.05, 4.69) is 11.7 Å². The van der Waals surface area contributed by atoms with Gasteiger partial charge in [-0.2, -0.15) is 0 Å². The molecule has 1 unspecified atom stereocenters. The second kappa shape index (κ2) is 7.62. The van der Waals surface area contributed by atoms with Crippen LogP contribution in [-0.2, 0) is 28.0 Å². The van der Waals surface area contributed by atoms with Crippen molar-refractivity contribution in [2.75, 3.05) is 7.11 Å². The quantitative estimate of drug-likeness (QED) is 0.598. The summed E-state index contributed by atoms with van der Waals surface area (Å²) in [6.45, 7) is 2.05. The van der Waals surface area contributed by atoms with Crippen molar-refractivity contribution < 1.29 is 18.3 Å². The molecule has 1 atom stereocenters. The van der Waals surface area contributed by atoms with Gasteiger partial charge in [0.15, 0.2) is 0 Å². The number of esters is 1. The Labute approximate surface area is 120 Å². The molecule has 0 aliphatic rings. The highest BCUT2D eigenvalue weighted by Crippen LogP contribution is 2.27. The van der Waals surface area contributed by atoms with Gasteiger partial charge in [0.05, 0.1) is 17.7 Å². The molecule has 19 heavy (non-hydrogen) atoms. The van der Waals surface area contributed by atoms with Crippen LogP contribution in [0.2, 0.25) is 5.02 Å². The van der Waals surface area contributed by atoms with E-state index >= 15 is 0 Å². The molecule has 0 saturated heterocycles. The van der Waals surface area contributed by atoms with E-state index in [0.717, 1.165) is 24.8 Å². The Hall–Kier alpha value is -0.910. The van der Waals surface area contributed by atoms with Gasteiger partial charge in [-0.15, -0.1) is 0 Å². The Bertz CT molecular complexity index is 488. The zero-order chi connectivity index (χ0) is 14.4. The van der Waals surface area contributed by atoms with Crippen LogP contribution in [-0.4, -0.2) is 21.8 Å². The summed E-state index contributed by atoms with van der Waals surface area (Å²) in [6, 6.07) is 3.33.